The number of rotatable bonds is 4. The summed E-state index contributed by atoms with van der Waals surface area (Å²) in [6.45, 7) is 7.76. The minimum Gasteiger partial charge on any atom is -0.332 e. The molecular weight excluding hydrogens is 286 g/mol. The molecular formula is C14H21N5OS. The summed E-state index contributed by atoms with van der Waals surface area (Å²) in [6, 6.07) is -0.322. The van der Waals surface area contributed by atoms with Crippen molar-refractivity contribution in [1.82, 2.24) is 25.4 Å². The summed E-state index contributed by atoms with van der Waals surface area (Å²) in [5.41, 5.74) is 1.43. The highest BCUT2D eigenvalue weighted by atomic mass is 32.1. The van der Waals surface area contributed by atoms with Crippen LogP contribution < -0.4 is 10.6 Å². The number of carbonyl (C=O) groups excluding carboxylic acids is 1. The van der Waals surface area contributed by atoms with E-state index in [1.807, 2.05) is 46.3 Å². The van der Waals surface area contributed by atoms with Gasteiger partial charge in [-0.15, -0.1) is 11.3 Å². The van der Waals surface area contributed by atoms with Gasteiger partial charge in [0.15, 0.2) is 0 Å². The highest BCUT2D eigenvalue weighted by Gasteiger charge is 2.26. The third-order valence-electron chi connectivity index (χ3n) is 3.15. The van der Waals surface area contributed by atoms with Crippen LogP contribution in [0.1, 0.15) is 43.1 Å². The summed E-state index contributed by atoms with van der Waals surface area (Å²) in [7, 11) is 1.85. The predicted molar refractivity (Wildman–Crippen MR) is 83.2 cm³/mol. The number of carbonyl (C=O) groups is 1. The zero-order valence-electron chi connectivity index (χ0n) is 13.0. The third-order valence-corrected chi connectivity index (χ3v) is 4.44. The van der Waals surface area contributed by atoms with Crippen LogP contribution in [-0.4, -0.2) is 20.8 Å². The maximum atomic E-state index is 12.2. The molecule has 2 rings (SSSR count). The standard InChI is InChI=1S/C14H21N5OS/c1-9-8-21-12(16-9)14(3,4)18-13(20)17-10(2)11-6-15-19(5)7-11/h6-8,10H,1-5H3,(H2,17,18,20)/t10-/m0/s1. The van der Waals surface area contributed by atoms with Crippen molar-refractivity contribution in [2.24, 2.45) is 7.05 Å². The molecule has 0 spiro atoms. The molecule has 6 nitrogen and oxygen atoms in total. The van der Waals surface area contributed by atoms with Gasteiger partial charge in [0.25, 0.3) is 0 Å². The lowest BCUT2D eigenvalue weighted by atomic mass is 10.1. The first-order chi connectivity index (χ1) is 9.78. The van der Waals surface area contributed by atoms with E-state index < -0.39 is 5.54 Å². The van der Waals surface area contributed by atoms with Crippen LogP contribution in [0.2, 0.25) is 0 Å². The number of amides is 2. The summed E-state index contributed by atoms with van der Waals surface area (Å²) in [6.07, 6.45) is 3.64. The number of urea groups is 1. The Morgan fingerprint density at radius 1 is 1.48 bits per heavy atom. The second kappa shape index (κ2) is 5.85. The van der Waals surface area contributed by atoms with Gasteiger partial charge in [0.05, 0.1) is 17.8 Å². The summed E-state index contributed by atoms with van der Waals surface area (Å²) >= 11 is 1.55. The highest BCUT2D eigenvalue weighted by Crippen LogP contribution is 2.23. The molecule has 0 fully saturated rings. The van der Waals surface area contributed by atoms with Gasteiger partial charge in [-0.3, -0.25) is 4.68 Å². The molecule has 0 aromatic carbocycles. The molecule has 0 saturated heterocycles. The van der Waals surface area contributed by atoms with E-state index in [0.29, 0.717) is 0 Å². The Hall–Kier alpha value is -1.89. The Morgan fingerprint density at radius 2 is 2.19 bits per heavy atom. The van der Waals surface area contributed by atoms with E-state index in [-0.39, 0.29) is 12.1 Å². The molecule has 2 N–H and O–H groups in total. The lowest BCUT2D eigenvalue weighted by Crippen LogP contribution is -2.47. The molecule has 1 atom stereocenters. The van der Waals surface area contributed by atoms with Crippen molar-refractivity contribution in [2.45, 2.75) is 39.3 Å². The first-order valence-corrected chi connectivity index (χ1v) is 7.66. The molecule has 0 aliphatic heterocycles. The quantitative estimate of drug-likeness (QED) is 0.911. The van der Waals surface area contributed by atoms with Crippen LogP contribution in [0.3, 0.4) is 0 Å². The second-order valence-corrected chi connectivity index (χ2v) is 6.54. The third kappa shape index (κ3) is 3.81. The molecule has 0 aliphatic rings. The molecule has 0 saturated carbocycles. The van der Waals surface area contributed by atoms with E-state index >= 15 is 0 Å². The zero-order chi connectivity index (χ0) is 15.6. The van der Waals surface area contributed by atoms with Gasteiger partial charge in [-0.1, -0.05) is 0 Å². The van der Waals surface area contributed by atoms with Gasteiger partial charge >= 0.3 is 6.03 Å². The zero-order valence-corrected chi connectivity index (χ0v) is 13.8. The van der Waals surface area contributed by atoms with Crippen LogP contribution in [0.4, 0.5) is 4.79 Å². The first kappa shape index (κ1) is 15.5. The van der Waals surface area contributed by atoms with E-state index in [1.165, 1.54) is 0 Å². The topological polar surface area (TPSA) is 71.8 Å². The summed E-state index contributed by atoms with van der Waals surface area (Å²) < 4.78 is 1.72. The smallest absolute Gasteiger partial charge is 0.316 e. The molecule has 0 unspecified atom stereocenters. The van der Waals surface area contributed by atoms with Crippen molar-refractivity contribution in [3.8, 4) is 0 Å². The number of nitrogens with one attached hydrogen (secondary N) is 2. The average molecular weight is 307 g/mol. The van der Waals surface area contributed by atoms with E-state index in [9.17, 15) is 4.79 Å². The minimum atomic E-state index is -0.502. The second-order valence-electron chi connectivity index (χ2n) is 5.69. The van der Waals surface area contributed by atoms with E-state index in [2.05, 4.69) is 20.7 Å². The van der Waals surface area contributed by atoms with Crippen LogP contribution >= 0.6 is 11.3 Å². The van der Waals surface area contributed by atoms with Crippen molar-refractivity contribution in [3.63, 3.8) is 0 Å². The van der Waals surface area contributed by atoms with Crippen LogP contribution in [0.25, 0.3) is 0 Å². The number of hydrogen-bond donors (Lipinski definition) is 2. The summed E-state index contributed by atoms with van der Waals surface area (Å²) in [5, 5.41) is 12.9. The van der Waals surface area contributed by atoms with Crippen molar-refractivity contribution in [3.05, 3.63) is 34.0 Å². The Kier molecular flexibility index (Phi) is 4.32. The Balaban J connectivity index is 1.98. The van der Waals surface area contributed by atoms with Crippen LogP contribution in [0, 0.1) is 6.92 Å². The van der Waals surface area contributed by atoms with E-state index in [1.54, 1.807) is 22.2 Å². The van der Waals surface area contributed by atoms with Crippen LogP contribution in [0.5, 0.6) is 0 Å². The summed E-state index contributed by atoms with van der Waals surface area (Å²) in [4.78, 5) is 16.6. The summed E-state index contributed by atoms with van der Waals surface area (Å²) in [5.74, 6) is 0. The molecule has 2 amide bonds. The fraction of sp³-hybridized carbons (Fsp3) is 0.500. The van der Waals surface area contributed by atoms with Crippen molar-refractivity contribution >= 4 is 17.4 Å². The number of aromatic nitrogens is 3. The molecule has 2 heterocycles. The number of hydrogen-bond acceptors (Lipinski definition) is 4. The Bertz CT molecular complexity index is 631. The number of aryl methyl sites for hydroxylation is 2. The lowest BCUT2D eigenvalue weighted by Gasteiger charge is -2.25. The van der Waals surface area contributed by atoms with Crippen molar-refractivity contribution < 1.29 is 4.79 Å². The average Bonchev–Trinajstić information content (AvgIpc) is 2.97. The first-order valence-electron chi connectivity index (χ1n) is 6.78. The van der Waals surface area contributed by atoms with Crippen molar-refractivity contribution in [2.75, 3.05) is 0 Å². The van der Waals surface area contributed by atoms with E-state index in [0.717, 1.165) is 16.3 Å². The molecule has 0 bridgehead atoms. The lowest BCUT2D eigenvalue weighted by molar-refractivity contribution is 0.227. The predicted octanol–water partition coefficient (Wildman–Crippen LogP) is 2.48. The number of nitrogens with zero attached hydrogens (tertiary/aromatic N) is 3. The molecule has 21 heavy (non-hydrogen) atoms. The molecule has 7 heteroatoms. The minimum absolute atomic E-state index is 0.104. The van der Waals surface area contributed by atoms with Gasteiger partial charge in [-0.05, 0) is 27.7 Å². The maximum Gasteiger partial charge on any atom is 0.316 e. The van der Waals surface area contributed by atoms with Gasteiger partial charge in [-0.25, -0.2) is 9.78 Å². The Labute approximate surface area is 128 Å². The SMILES string of the molecule is Cc1csc(C(C)(C)NC(=O)N[C@@H](C)c2cnn(C)c2)n1. The van der Waals surface area contributed by atoms with E-state index in [4.69, 9.17) is 0 Å². The number of thiazole rings is 1. The van der Waals surface area contributed by atoms with Gasteiger partial charge < -0.3 is 10.6 Å². The fourth-order valence-corrected chi connectivity index (χ4v) is 2.84. The molecule has 2 aromatic heterocycles. The largest absolute Gasteiger partial charge is 0.332 e. The van der Waals surface area contributed by atoms with Crippen LogP contribution in [-0.2, 0) is 12.6 Å². The monoisotopic (exact) mass is 307 g/mol. The highest BCUT2D eigenvalue weighted by molar-refractivity contribution is 7.09. The van der Waals surface area contributed by atoms with Gasteiger partial charge in [-0.2, -0.15) is 5.10 Å². The molecule has 0 aliphatic carbocycles. The van der Waals surface area contributed by atoms with Crippen molar-refractivity contribution in [1.29, 1.82) is 0 Å². The normalized spacial score (nSPS) is 13.0. The van der Waals surface area contributed by atoms with Crippen LogP contribution in [0.15, 0.2) is 17.8 Å². The molecule has 2 aromatic rings. The van der Waals surface area contributed by atoms with Gasteiger partial charge in [0.1, 0.15) is 5.01 Å². The maximum absolute atomic E-state index is 12.2. The Morgan fingerprint density at radius 3 is 2.71 bits per heavy atom. The van der Waals surface area contributed by atoms with Gasteiger partial charge in [0, 0.05) is 29.9 Å². The molecule has 0 radical (unpaired) electrons. The van der Waals surface area contributed by atoms with Gasteiger partial charge in [0.2, 0.25) is 0 Å². The molecule has 114 valence electrons. The fourth-order valence-electron chi connectivity index (χ4n) is 1.96.